The van der Waals surface area contributed by atoms with Crippen molar-refractivity contribution in [1.82, 2.24) is 14.1 Å². The Balaban J connectivity index is 2.88. The van der Waals surface area contributed by atoms with Gasteiger partial charge < -0.3 is 5.73 Å². The SMILES string of the molecule is CN=Cc1nn(-c2c(Cl)cc(C(F)(F)F)cc2Cl)c(N)c1C(N(C)S(C)(=O)=O)C(F)(F)F. The summed E-state index contributed by atoms with van der Waals surface area (Å²) in [6.07, 6.45) is -8.51. The van der Waals surface area contributed by atoms with Gasteiger partial charge in [0.2, 0.25) is 10.0 Å². The molecule has 2 aromatic rings. The van der Waals surface area contributed by atoms with Crippen molar-refractivity contribution in [3.63, 3.8) is 0 Å². The number of nitrogens with zero attached hydrogens (tertiary/aromatic N) is 4. The van der Waals surface area contributed by atoms with E-state index in [0.29, 0.717) is 30.1 Å². The fourth-order valence-electron chi connectivity index (χ4n) is 2.80. The molecule has 1 atom stereocenters. The standard InChI is InChI=1S/C16H15Cl2F6N5O2S/c1-26-6-10-11(13(16(22,23)24)28(2)32(3,30)31)14(25)29(27-10)12-8(17)4-7(5-9(12)18)15(19,20)21/h4-6,13H,25H2,1-3H3. The lowest BCUT2D eigenvalue weighted by molar-refractivity contribution is -0.171. The Morgan fingerprint density at radius 2 is 1.69 bits per heavy atom. The second-order valence-corrected chi connectivity index (χ2v) is 9.35. The minimum atomic E-state index is -5.15. The molecule has 0 aliphatic rings. The van der Waals surface area contributed by atoms with Crippen LogP contribution in [0.15, 0.2) is 17.1 Å². The largest absolute Gasteiger partial charge is 0.416 e. The van der Waals surface area contributed by atoms with Crippen molar-refractivity contribution in [2.45, 2.75) is 18.4 Å². The molecule has 178 valence electrons. The number of benzene rings is 1. The zero-order chi connectivity index (χ0) is 24.8. The van der Waals surface area contributed by atoms with E-state index in [9.17, 15) is 34.8 Å². The predicted molar refractivity (Wildman–Crippen MR) is 108 cm³/mol. The van der Waals surface area contributed by atoms with E-state index in [0.717, 1.165) is 6.21 Å². The third kappa shape index (κ3) is 5.13. The van der Waals surface area contributed by atoms with Gasteiger partial charge in [0.25, 0.3) is 0 Å². The van der Waals surface area contributed by atoms with Crippen LogP contribution in [0.1, 0.15) is 22.9 Å². The quantitative estimate of drug-likeness (QED) is 0.464. The van der Waals surface area contributed by atoms with Gasteiger partial charge in [-0.25, -0.2) is 13.1 Å². The fourth-order valence-corrected chi connectivity index (χ4v) is 4.06. The van der Waals surface area contributed by atoms with Gasteiger partial charge in [-0.05, 0) is 12.1 Å². The molecule has 0 aliphatic heterocycles. The summed E-state index contributed by atoms with van der Waals surface area (Å²) in [6, 6.07) is -1.78. The first kappa shape index (κ1) is 26.2. The normalized spacial score (nSPS) is 14.5. The van der Waals surface area contributed by atoms with Crippen LogP contribution in [-0.2, 0) is 16.2 Å². The fraction of sp³-hybridized carbons (Fsp3) is 0.375. The maximum absolute atomic E-state index is 13.9. The van der Waals surface area contributed by atoms with Crippen LogP contribution < -0.4 is 5.73 Å². The van der Waals surface area contributed by atoms with E-state index < -0.39 is 66.8 Å². The van der Waals surface area contributed by atoms with Crippen molar-refractivity contribution >= 4 is 45.3 Å². The average Bonchev–Trinajstić information content (AvgIpc) is 2.89. The number of rotatable bonds is 5. The van der Waals surface area contributed by atoms with Crippen molar-refractivity contribution in [3.8, 4) is 5.69 Å². The van der Waals surface area contributed by atoms with Gasteiger partial charge in [0.15, 0.2) is 6.04 Å². The summed E-state index contributed by atoms with van der Waals surface area (Å²) in [5.41, 5.74) is 2.95. The van der Waals surface area contributed by atoms with Gasteiger partial charge >= 0.3 is 12.4 Å². The van der Waals surface area contributed by atoms with E-state index in [2.05, 4.69) is 10.1 Å². The lowest BCUT2D eigenvalue weighted by Crippen LogP contribution is -2.40. The number of aliphatic imine (C=N–C) groups is 1. The topological polar surface area (TPSA) is 93.6 Å². The van der Waals surface area contributed by atoms with E-state index in [4.69, 9.17) is 28.9 Å². The van der Waals surface area contributed by atoms with Crippen LogP contribution in [0.25, 0.3) is 5.69 Å². The number of halogens is 8. The third-order valence-electron chi connectivity index (χ3n) is 4.27. The first-order chi connectivity index (χ1) is 14.4. The molecule has 0 radical (unpaired) electrons. The third-order valence-corrected chi connectivity index (χ3v) is 6.10. The molecule has 0 fully saturated rings. The van der Waals surface area contributed by atoms with Crippen molar-refractivity contribution in [2.75, 3.05) is 26.1 Å². The highest BCUT2D eigenvalue weighted by molar-refractivity contribution is 7.88. The second kappa shape index (κ2) is 8.72. The molecule has 16 heteroatoms. The molecule has 0 bridgehead atoms. The zero-order valence-corrected chi connectivity index (χ0v) is 18.8. The predicted octanol–water partition coefficient (Wildman–Crippen LogP) is 4.32. The number of alkyl halides is 6. The molecule has 0 saturated heterocycles. The molecule has 2 rings (SSSR count). The van der Waals surface area contributed by atoms with Gasteiger partial charge in [-0.1, -0.05) is 23.2 Å². The maximum Gasteiger partial charge on any atom is 0.416 e. The summed E-state index contributed by atoms with van der Waals surface area (Å²) >= 11 is 11.9. The van der Waals surface area contributed by atoms with E-state index >= 15 is 0 Å². The maximum atomic E-state index is 13.9. The van der Waals surface area contributed by atoms with Gasteiger partial charge in [0, 0.05) is 20.3 Å². The Kier molecular flexibility index (Phi) is 7.15. The minimum Gasteiger partial charge on any atom is -0.383 e. The first-order valence-electron chi connectivity index (χ1n) is 8.28. The van der Waals surface area contributed by atoms with Crippen molar-refractivity contribution in [1.29, 1.82) is 0 Å². The monoisotopic (exact) mass is 525 g/mol. The van der Waals surface area contributed by atoms with Gasteiger partial charge in [-0.3, -0.25) is 4.99 Å². The second-order valence-electron chi connectivity index (χ2n) is 6.49. The number of anilines is 1. The van der Waals surface area contributed by atoms with Gasteiger partial charge in [0.05, 0.1) is 27.4 Å². The number of nitrogens with two attached hydrogens (primary N) is 1. The Bertz CT molecular complexity index is 1140. The Hall–Kier alpha value is -2.03. The van der Waals surface area contributed by atoms with Crippen LogP contribution >= 0.6 is 23.2 Å². The van der Waals surface area contributed by atoms with Crippen LogP contribution in [0.3, 0.4) is 0 Å². The molecular formula is C16H15Cl2F6N5O2S. The Morgan fingerprint density at radius 1 is 1.19 bits per heavy atom. The Morgan fingerprint density at radius 3 is 2.06 bits per heavy atom. The van der Waals surface area contributed by atoms with Gasteiger partial charge in [-0.2, -0.15) is 35.7 Å². The summed E-state index contributed by atoms with van der Waals surface area (Å²) in [6.45, 7) is 0. The number of hydrogen-bond acceptors (Lipinski definition) is 5. The number of aromatic nitrogens is 2. The molecule has 7 nitrogen and oxygen atoms in total. The molecule has 1 aromatic carbocycles. The molecule has 1 aromatic heterocycles. The molecule has 0 aliphatic carbocycles. The lowest BCUT2D eigenvalue weighted by Gasteiger charge is -2.28. The molecule has 0 saturated carbocycles. The molecule has 1 unspecified atom stereocenters. The molecule has 0 amide bonds. The minimum absolute atomic E-state index is 0.0354. The van der Waals surface area contributed by atoms with Gasteiger partial charge in [0.1, 0.15) is 17.2 Å². The highest BCUT2D eigenvalue weighted by Gasteiger charge is 2.49. The van der Waals surface area contributed by atoms with Crippen molar-refractivity contribution in [2.24, 2.45) is 4.99 Å². The zero-order valence-electron chi connectivity index (χ0n) is 16.4. The summed E-state index contributed by atoms with van der Waals surface area (Å²) in [5.74, 6) is -0.749. The Labute approximate surface area is 188 Å². The summed E-state index contributed by atoms with van der Waals surface area (Å²) in [5, 5.41) is 2.64. The number of nitrogen functional groups attached to an aromatic ring is 1. The summed E-state index contributed by atoms with van der Waals surface area (Å²) < 4.78 is 105. The summed E-state index contributed by atoms with van der Waals surface area (Å²) in [7, 11) is -2.48. The molecule has 1 heterocycles. The van der Waals surface area contributed by atoms with E-state index in [1.807, 2.05) is 0 Å². The van der Waals surface area contributed by atoms with Crippen molar-refractivity contribution < 1.29 is 34.8 Å². The van der Waals surface area contributed by atoms with E-state index in [1.165, 1.54) is 7.05 Å². The first-order valence-corrected chi connectivity index (χ1v) is 10.9. The number of hydrogen-bond donors (Lipinski definition) is 1. The lowest BCUT2D eigenvalue weighted by atomic mass is 10.1. The van der Waals surface area contributed by atoms with Crippen molar-refractivity contribution in [3.05, 3.63) is 39.0 Å². The number of sulfonamides is 1. The molecule has 2 N–H and O–H groups in total. The molecular weight excluding hydrogens is 511 g/mol. The van der Waals surface area contributed by atoms with Gasteiger partial charge in [-0.15, -0.1) is 0 Å². The van der Waals surface area contributed by atoms with E-state index in [-0.39, 0.29) is 4.31 Å². The van der Waals surface area contributed by atoms with Crippen LogP contribution in [0.5, 0.6) is 0 Å². The van der Waals surface area contributed by atoms with E-state index in [1.54, 1.807) is 0 Å². The van der Waals surface area contributed by atoms with Crippen LogP contribution in [0.2, 0.25) is 10.0 Å². The van der Waals surface area contributed by atoms with Crippen LogP contribution in [0, 0.1) is 0 Å². The molecule has 0 spiro atoms. The smallest absolute Gasteiger partial charge is 0.383 e. The highest BCUT2D eigenvalue weighted by atomic mass is 35.5. The van der Waals surface area contributed by atoms with Crippen LogP contribution in [-0.4, -0.2) is 55.2 Å². The molecule has 32 heavy (non-hydrogen) atoms. The van der Waals surface area contributed by atoms with Crippen LogP contribution in [0.4, 0.5) is 32.2 Å². The highest BCUT2D eigenvalue weighted by Crippen LogP contribution is 2.44. The average molecular weight is 526 g/mol. The summed E-state index contributed by atoms with van der Waals surface area (Å²) in [4.78, 5) is 3.59.